The number of rotatable bonds is 9. The van der Waals surface area contributed by atoms with Gasteiger partial charge in [0.25, 0.3) is 5.91 Å². The van der Waals surface area contributed by atoms with Crippen LogP contribution in [-0.4, -0.2) is 75.5 Å². The summed E-state index contributed by atoms with van der Waals surface area (Å²) in [6.07, 6.45) is 0.537. The molecule has 4 rings (SSSR count). The first-order valence-electron chi connectivity index (χ1n) is 11.1. The van der Waals surface area contributed by atoms with E-state index in [9.17, 15) is 13.2 Å². The van der Waals surface area contributed by atoms with Gasteiger partial charge in [-0.15, -0.1) is 0 Å². The van der Waals surface area contributed by atoms with Gasteiger partial charge in [0, 0.05) is 31.6 Å². The molecule has 0 unspecified atom stereocenters. The van der Waals surface area contributed by atoms with Crippen LogP contribution >= 0.6 is 0 Å². The summed E-state index contributed by atoms with van der Waals surface area (Å²) in [5, 5.41) is 13.4. The molecule has 2 aromatic carbocycles. The Labute approximate surface area is 198 Å². The van der Waals surface area contributed by atoms with Crippen LogP contribution in [0.5, 0.6) is 5.75 Å². The molecule has 1 aromatic heterocycles. The number of para-hydroxylation sites is 1. The molecule has 34 heavy (non-hydrogen) atoms. The Morgan fingerprint density at radius 3 is 2.56 bits per heavy atom. The van der Waals surface area contributed by atoms with Crippen molar-refractivity contribution in [2.45, 2.75) is 17.9 Å². The molecule has 0 spiro atoms. The van der Waals surface area contributed by atoms with Crippen molar-refractivity contribution in [1.29, 1.82) is 0 Å². The first kappa shape index (κ1) is 24.1. The van der Waals surface area contributed by atoms with Crippen LogP contribution in [-0.2, 0) is 27.7 Å². The highest BCUT2D eigenvalue weighted by Gasteiger charge is 2.20. The van der Waals surface area contributed by atoms with E-state index < -0.39 is 10.0 Å². The number of aromatic nitrogens is 2. The van der Waals surface area contributed by atoms with Gasteiger partial charge in [-0.05, 0) is 30.2 Å². The third-order valence-electron chi connectivity index (χ3n) is 5.85. The number of carbonyl (C=O) groups is 1. The highest BCUT2D eigenvalue weighted by Crippen LogP contribution is 2.28. The molecule has 0 atom stereocenters. The fourth-order valence-corrected chi connectivity index (χ4v) is 4.52. The van der Waals surface area contributed by atoms with Crippen molar-refractivity contribution in [1.82, 2.24) is 20.0 Å². The predicted octanol–water partition coefficient (Wildman–Crippen LogP) is 0.997. The molecule has 0 bridgehead atoms. The highest BCUT2D eigenvalue weighted by atomic mass is 32.2. The van der Waals surface area contributed by atoms with Crippen molar-refractivity contribution in [3.8, 4) is 5.75 Å². The number of hydrogen-bond acceptors (Lipinski definition) is 7. The number of nitrogens with two attached hydrogens (primary N) is 1. The van der Waals surface area contributed by atoms with Gasteiger partial charge in [0.15, 0.2) is 5.69 Å². The lowest BCUT2D eigenvalue weighted by Crippen LogP contribution is -2.38. The second-order valence-electron chi connectivity index (χ2n) is 8.08. The number of ether oxygens (including phenoxy) is 2. The maximum atomic E-state index is 13.0. The Morgan fingerprint density at radius 1 is 1.15 bits per heavy atom. The minimum Gasteiger partial charge on any atom is -0.494 e. The molecule has 1 saturated heterocycles. The van der Waals surface area contributed by atoms with Crippen molar-refractivity contribution in [2.24, 2.45) is 5.14 Å². The molecule has 1 fully saturated rings. The summed E-state index contributed by atoms with van der Waals surface area (Å²) < 4.78 is 35.6. The summed E-state index contributed by atoms with van der Waals surface area (Å²) in [6, 6.07) is 11.9. The lowest BCUT2D eigenvalue weighted by atomic mass is 10.1. The van der Waals surface area contributed by atoms with Crippen LogP contribution in [0.25, 0.3) is 10.9 Å². The number of benzene rings is 2. The van der Waals surface area contributed by atoms with E-state index in [1.807, 2.05) is 22.9 Å². The molecule has 0 radical (unpaired) electrons. The summed E-state index contributed by atoms with van der Waals surface area (Å²) in [5.74, 6) is 0.394. The van der Waals surface area contributed by atoms with Crippen LogP contribution in [0.1, 0.15) is 16.1 Å². The largest absolute Gasteiger partial charge is 0.494 e. The van der Waals surface area contributed by atoms with Crippen LogP contribution in [0.4, 0.5) is 0 Å². The molecule has 182 valence electrons. The number of hydrogen-bond donors (Lipinski definition) is 2. The van der Waals surface area contributed by atoms with E-state index in [-0.39, 0.29) is 10.8 Å². The van der Waals surface area contributed by atoms with Crippen molar-refractivity contribution >= 4 is 26.8 Å². The molecule has 1 aliphatic rings. The van der Waals surface area contributed by atoms with E-state index in [0.717, 1.165) is 49.3 Å². The van der Waals surface area contributed by atoms with Crippen LogP contribution in [0, 0.1) is 0 Å². The third-order valence-corrected chi connectivity index (χ3v) is 6.78. The number of amides is 1. The van der Waals surface area contributed by atoms with Crippen LogP contribution in [0.15, 0.2) is 47.4 Å². The zero-order chi connectivity index (χ0) is 24.1. The predicted molar refractivity (Wildman–Crippen MR) is 127 cm³/mol. The highest BCUT2D eigenvalue weighted by molar-refractivity contribution is 7.89. The molecule has 3 N–H and O–H groups in total. The smallest absolute Gasteiger partial charge is 0.272 e. The SMILES string of the molecule is COc1cccc2c(C(=O)NCCc3ccc(S(N)(=O)=O)cc3)nn(CCN3CCOCC3)c12. The van der Waals surface area contributed by atoms with Crippen LogP contribution < -0.4 is 15.2 Å². The summed E-state index contributed by atoms with van der Waals surface area (Å²) >= 11 is 0. The summed E-state index contributed by atoms with van der Waals surface area (Å²) in [4.78, 5) is 15.4. The Bertz CT molecular complexity index is 1250. The van der Waals surface area contributed by atoms with Crippen molar-refractivity contribution in [3.63, 3.8) is 0 Å². The van der Waals surface area contributed by atoms with Gasteiger partial charge < -0.3 is 14.8 Å². The van der Waals surface area contributed by atoms with E-state index in [2.05, 4.69) is 15.3 Å². The van der Waals surface area contributed by atoms with Gasteiger partial charge in [-0.25, -0.2) is 13.6 Å². The second-order valence-corrected chi connectivity index (χ2v) is 9.64. The standard InChI is InChI=1S/C23H29N5O5S/c1-32-20-4-2-3-19-21(26-28(22(19)20)12-11-27-13-15-33-16-14-27)23(29)25-10-9-17-5-7-18(8-6-17)34(24,30)31/h2-8H,9-16H2,1H3,(H,25,29)(H2,24,30,31). The van der Waals surface area contributed by atoms with E-state index in [1.165, 1.54) is 12.1 Å². The molecular weight excluding hydrogens is 458 g/mol. The number of sulfonamides is 1. The molecule has 11 heteroatoms. The second kappa shape index (κ2) is 10.5. The van der Waals surface area contributed by atoms with Crippen LogP contribution in [0.2, 0.25) is 0 Å². The van der Waals surface area contributed by atoms with E-state index >= 15 is 0 Å². The minimum absolute atomic E-state index is 0.0586. The normalized spacial score (nSPS) is 14.9. The Kier molecular flexibility index (Phi) is 7.47. The van der Waals surface area contributed by atoms with Gasteiger partial charge in [0.2, 0.25) is 10.0 Å². The molecule has 10 nitrogen and oxygen atoms in total. The fourth-order valence-electron chi connectivity index (χ4n) is 4.01. The summed E-state index contributed by atoms with van der Waals surface area (Å²) in [5.41, 5.74) is 2.03. The van der Waals surface area contributed by atoms with Gasteiger partial charge in [-0.3, -0.25) is 14.4 Å². The number of morpholine rings is 1. The number of methoxy groups -OCH3 is 1. The van der Waals surface area contributed by atoms with Crippen molar-refractivity contribution < 1.29 is 22.7 Å². The fraction of sp³-hybridized carbons (Fsp3) is 0.391. The van der Waals surface area contributed by atoms with Crippen molar-refractivity contribution in [2.75, 3.05) is 46.5 Å². The first-order chi connectivity index (χ1) is 16.4. The lowest BCUT2D eigenvalue weighted by molar-refractivity contribution is 0.0361. The average molecular weight is 488 g/mol. The average Bonchev–Trinajstić information content (AvgIpc) is 3.22. The van der Waals surface area contributed by atoms with Crippen molar-refractivity contribution in [3.05, 3.63) is 53.7 Å². The molecule has 0 saturated carbocycles. The first-order valence-corrected chi connectivity index (χ1v) is 12.6. The Hall–Kier alpha value is -2.99. The van der Waals surface area contributed by atoms with Gasteiger partial charge >= 0.3 is 0 Å². The molecule has 3 aromatic rings. The van der Waals surface area contributed by atoms with E-state index in [0.29, 0.717) is 31.0 Å². The molecule has 0 aliphatic carbocycles. The maximum absolute atomic E-state index is 13.0. The van der Waals surface area contributed by atoms with Gasteiger partial charge in [0.1, 0.15) is 11.3 Å². The summed E-state index contributed by atoms with van der Waals surface area (Å²) in [6.45, 7) is 5.00. The summed E-state index contributed by atoms with van der Waals surface area (Å²) in [7, 11) is -2.12. The Balaban J connectivity index is 1.46. The van der Waals surface area contributed by atoms with E-state index in [1.54, 1.807) is 19.2 Å². The van der Waals surface area contributed by atoms with Gasteiger partial charge in [-0.2, -0.15) is 5.10 Å². The molecule has 2 heterocycles. The zero-order valence-electron chi connectivity index (χ0n) is 19.1. The van der Waals surface area contributed by atoms with Crippen LogP contribution in [0.3, 0.4) is 0 Å². The lowest BCUT2D eigenvalue weighted by Gasteiger charge is -2.26. The van der Waals surface area contributed by atoms with Gasteiger partial charge in [-0.1, -0.05) is 24.3 Å². The Morgan fingerprint density at radius 2 is 1.88 bits per heavy atom. The number of primary sulfonamides is 1. The minimum atomic E-state index is -3.73. The molecule has 1 amide bonds. The quantitative estimate of drug-likeness (QED) is 0.461. The monoisotopic (exact) mass is 487 g/mol. The van der Waals surface area contributed by atoms with Gasteiger partial charge in [0.05, 0.1) is 31.8 Å². The topological polar surface area (TPSA) is 129 Å². The number of fused-ring (bicyclic) bond motifs is 1. The molecule has 1 aliphatic heterocycles. The molecular formula is C23H29N5O5S. The third kappa shape index (κ3) is 5.55. The number of nitrogens with one attached hydrogen (secondary N) is 1. The maximum Gasteiger partial charge on any atom is 0.272 e. The van der Waals surface area contributed by atoms with E-state index in [4.69, 9.17) is 14.6 Å². The zero-order valence-corrected chi connectivity index (χ0v) is 19.9. The number of nitrogens with zero attached hydrogens (tertiary/aromatic N) is 3. The number of carbonyl (C=O) groups excluding carboxylic acids is 1.